The molecule has 0 aliphatic carbocycles. The lowest BCUT2D eigenvalue weighted by molar-refractivity contribution is -0.144. The van der Waals surface area contributed by atoms with Crippen molar-refractivity contribution < 1.29 is 26.4 Å². The van der Waals surface area contributed by atoms with Crippen LogP contribution < -0.4 is 15.4 Å². The average molecular weight is 479 g/mol. The third-order valence-electron chi connectivity index (χ3n) is 5.45. The van der Waals surface area contributed by atoms with Crippen LogP contribution in [0.3, 0.4) is 0 Å². The molecule has 4 rings (SSSR count). The number of primary sulfonamides is 1. The summed E-state index contributed by atoms with van der Waals surface area (Å²) in [5.41, 5.74) is 0.629. The summed E-state index contributed by atoms with van der Waals surface area (Å²) >= 11 is 0. The molecule has 0 bridgehead atoms. The van der Waals surface area contributed by atoms with Crippen molar-refractivity contribution in [2.75, 3.05) is 23.3 Å². The van der Waals surface area contributed by atoms with E-state index in [1.165, 1.54) is 30.3 Å². The number of piperidine rings is 1. The number of nitrogens with one attached hydrogen (secondary N) is 1. The number of nitrogens with zero attached hydrogens (tertiary/aromatic N) is 3. The minimum atomic E-state index is -4.67. The molecule has 2 aromatic carbocycles. The smallest absolute Gasteiger partial charge is 0.356 e. The molecule has 0 spiro atoms. The molecule has 12 heteroatoms. The molecule has 1 amide bonds. The van der Waals surface area contributed by atoms with E-state index in [-0.39, 0.29) is 28.1 Å². The van der Waals surface area contributed by atoms with Crippen LogP contribution in [0.2, 0.25) is 0 Å². The number of hydrogen-bond acceptors (Lipinski definition) is 6. The molecule has 0 atom stereocenters. The fraction of sp³-hybridized carbons (Fsp3) is 0.286. The Morgan fingerprint density at radius 2 is 1.67 bits per heavy atom. The zero-order valence-corrected chi connectivity index (χ0v) is 18.0. The highest BCUT2D eigenvalue weighted by Crippen LogP contribution is 2.33. The molecular weight excluding hydrogens is 459 g/mol. The first-order chi connectivity index (χ1) is 15.5. The summed E-state index contributed by atoms with van der Waals surface area (Å²) < 4.78 is 62.5. The van der Waals surface area contributed by atoms with Gasteiger partial charge in [-0.3, -0.25) is 4.79 Å². The predicted octanol–water partition coefficient (Wildman–Crippen LogP) is 3.15. The second-order valence-corrected chi connectivity index (χ2v) is 9.27. The Labute approximate surface area is 187 Å². The van der Waals surface area contributed by atoms with Crippen molar-refractivity contribution >= 4 is 38.3 Å². The number of para-hydroxylation sites is 1. The number of carbonyl (C=O) groups excluding carboxylic acids is 1. The summed E-state index contributed by atoms with van der Waals surface area (Å²) in [5.74, 6) is -1.60. The molecular formula is C21H20F3N5O3S. The molecule has 0 unspecified atom stereocenters. The first-order valence-corrected chi connectivity index (χ1v) is 11.6. The van der Waals surface area contributed by atoms with Gasteiger partial charge < -0.3 is 10.2 Å². The second kappa shape index (κ2) is 8.60. The fourth-order valence-electron chi connectivity index (χ4n) is 3.75. The third-order valence-corrected chi connectivity index (χ3v) is 6.38. The van der Waals surface area contributed by atoms with E-state index in [0.29, 0.717) is 37.0 Å². The molecule has 174 valence electrons. The number of nitrogens with two attached hydrogens (primary N) is 1. The minimum Gasteiger partial charge on any atom is -0.356 e. The Hall–Kier alpha value is -3.25. The van der Waals surface area contributed by atoms with E-state index < -0.39 is 22.0 Å². The molecule has 3 aromatic rings. The highest BCUT2D eigenvalue weighted by atomic mass is 32.2. The molecule has 1 fully saturated rings. The summed E-state index contributed by atoms with van der Waals surface area (Å²) in [6, 6.07) is 12.0. The van der Waals surface area contributed by atoms with Crippen molar-refractivity contribution in [3.05, 3.63) is 54.4 Å². The zero-order valence-electron chi connectivity index (χ0n) is 17.2. The second-order valence-electron chi connectivity index (χ2n) is 7.71. The standard InChI is InChI=1S/C21H20F3N5O3S/c22-21(23,24)20-27-17-4-2-1-3-16(17)18(28-20)29-11-9-13(10-12-29)19(30)26-14-5-7-15(8-6-14)33(25,31)32/h1-8,13H,9-12H2,(H,26,30)(H2,25,31,32). The quantitative estimate of drug-likeness (QED) is 0.594. The van der Waals surface area contributed by atoms with Crippen molar-refractivity contribution in [3.8, 4) is 0 Å². The normalized spacial score (nSPS) is 15.6. The topological polar surface area (TPSA) is 118 Å². The SMILES string of the molecule is NS(=O)(=O)c1ccc(NC(=O)C2CCN(c3nc(C(F)(F)F)nc4ccccc34)CC2)cc1. The molecule has 0 saturated carbocycles. The van der Waals surface area contributed by atoms with Gasteiger partial charge in [-0.1, -0.05) is 12.1 Å². The van der Waals surface area contributed by atoms with Crippen molar-refractivity contribution in [2.45, 2.75) is 23.9 Å². The Morgan fingerprint density at radius 3 is 2.27 bits per heavy atom. The highest BCUT2D eigenvalue weighted by Gasteiger charge is 2.36. The number of halogens is 3. The van der Waals surface area contributed by atoms with Gasteiger partial charge in [-0.25, -0.2) is 23.5 Å². The number of aromatic nitrogens is 2. The number of rotatable bonds is 4. The summed E-state index contributed by atoms with van der Waals surface area (Å²) in [6.45, 7) is 0.696. The van der Waals surface area contributed by atoms with Gasteiger partial charge in [0.2, 0.25) is 21.8 Å². The van der Waals surface area contributed by atoms with Crippen molar-refractivity contribution in [2.24, 2.45) is 11.1 Å². The number of hydrogen-bond donors (Lipinski definition) is 2. The van der Waals surface area contributed by atoms with E-state index in [9.17, 15) is 26.4 Å². The van der Waals surface area contributed by atoms with Crippen LogP contribution in [0.5, 0.6) is 0 Å². The molecule has 1 aromatic heterocycles. The molecule has 1 aliphatic rings. The van der Waals surface area contributed by atoms with E-state index >= 15 is 0 Å². The van der Waals surface area contributed by atoms with Gasteiger partial charge in [0.15, 0.2) is 0 Å². The van der Waals surface area contributed by atoms with E-state index in [4.69, 9.17) is 5.14 Å². The van der Waals surface area contributed by atoms with Gasteiger partial charge in [0.05, 0.1) is 10.4 Å². The molecule has 33 heavy (non-hydrogen) atoms. The number of anilines is 2. The van der Waals surface area contributed by atoms with Gasteiger partial charge >= 0.3 is 6.18 Å². The van der Waals surface area contributed by atoms with Crippen LogP contribution in [-0.4, -0.2) is 37.4 Å². The van der Waals surface area contributed by atoms with E-state index in [2.05, 4.69) is 15.3 Å². The van der Waals surface area contributed by atoms with Gasteiger partial charge in [0.1, 0.15) is 5.82 Å². The number of alkyl halides is 3. The summed E-state index contributed by atoms with van der Waals surface area (Å²) in [4.78, 5) is 21.8. The van der Waals surface area contributed by atoms with Crippen LogP contribution >= 0.6 is 0 Å². The molecule has 1 aliphatic heterocycles. The van der Waals surface area contributed by atoms with E-state index in [1.807, 2.05) is 0 Å². The first kappa shape index (κ1) is 22.9. The fourth-order valence-corrected chi connectivity index (χ4v) is 4.27. The maximum atomic E-state index is 13.3. The Morgan fingerprint density at radius 1 is 1.03 bits per heavy atom. The molecule has 8 nitrogen and oxygen atoms in total. The van der Waals surface area contributed by atoms with Crippen LogP contribution in [0.25, 0.3) is 10.9 Å². The summed E-state index contributed by atoms with van der Waals surface area (Å²) in [5, 5.41) is 8.32. The van der Waals surface area contributed by atoms with Gasteiger partial charge in [-0.15, -0.1) is 0 Å². The molecule has 0 radical (unpaired) electrons. The van der Waals surface area contributed by atoms with Gasteiger partial charge in [0.25, 0.3) is 0 Å². The van der Waals surface area contributed by atoms with Crippen molar-refractivity contribution in [1.82, 2.24) is 9.97 Å². The van der Waals surface area contributed by atoms with Gasteiger partial charge in [-0.05, 0) is 49.2 Å². The summed E-state index contributed by atoms with van der Waals surface area (Å²) in [7, 11) is -3.83. The van der Waals surface area contributed by atoms with E-state index in [1.54, 1.807) is 23.1 Å². The van der Waals surface area contributed by atoms with Gasteiger partial charge in [0, 0.05) is 30.1 Å². The lowest BCUT2D eigenvalue weighted by Gasteiger charge is -2.33. The van der Waals surface area contributed by atoms with Crippen LogP contribution in [0.4, 0.5) is 24.7 Å². The zero-order chi connectivity index (χ0) is 23.8. The molecule has 1 saturated heterocycles. The average Bonchev–Trinajstić information content (AvgIpc) is 2.77. The number of fused-ring (bicyclic) bond motifs is 1. The summed E-state index contributed by atoms with van der Waals surface area (Å²) in [6.07, 6.45) is -3.84. The monoisotopic (exact) mass is 479 g/mol. The van der Waals surface area contributed by atoms with Crippen LogP contribution in [0.1, 0.15) is 18.7 Å². The first-order valence-electron chi connectivity index (χ1n) is 10.0. The maximum absolute atomic E-state index is 13.3. The van der Waals surface area contributed by atoms with Crippen molar-refractivity contribution in [3.63, 3.8) is 0 Å². The lowest BCUT2D eigenvalue weighted by Crippen LogP contribution is -2.39. The largest absolute Gasteiger partial charge is 0.451 e. The number of sulfonamides is 1. The van der Waals surface area contributed by atoms with Crippen molar-refractivity contribution in [1.29, 1.82) is 0 Å². The number of carbonyl (C=O) groups is 1. The minimum absolute atomic E-state index is 0.0656. The van der Waals surface area contributed by atoms with Gasteiger partial charge in [-0.2, -0.15) is 13.2 Å². The highest BCUT2D eigenvalue weighted by molar-refractivity contribution is 7.89. The Balaban J connectivity index is 1.47. The predicted molar refractivity (Wildman–Crippen MR) is 116 cm³/mol. The Kier molecular flexibility index (Phi) is 5.97. The van der Waals surface area contributed by atoms with Crippen LogP contribution in [0.15, 0.2) is 53.4 Å². The maximum Gasteiger partial charge on any atom is 0.451 e. The van der Waals surface area contributed by atoms with Crippen LogP contribution in [0, 0.1) is 5.92 Å². The number of amides is 1. The molecule has 2 heterocycles. The molecule has 3 N–H and O–H groups in total. The third kappa shape index (κ3) is 5.06. The van der Waals surface area contributed by atoms with Crippen LogP contribution in [-0.2, 0) is 21.0 Å². The lowest BCUT2D eigenvalue weighted by atomic mass is 9.95. The van der Waals surface area contributed by atoms with E-state index in [0.717, 1.165) is 0 Å². The number of benzene rings is 2. The Bertz CT molecular complexity index is 1290.